The number of amides is 2. The molecule has 2 aliphatic heterocycles. The number of carbonyl (C=O) groups is 2. The lowest BCUT2D eigenvalue weighted by atomic mass is 9.96. The van der Waals surface area contributed by atoms with Crippen LogP contribution in [-0.2, 0) is 9.59 Å². The topological polar surface area (TPSA) is 43.9 Å². The van der Waals surface area contributed by atoms with Crippen LogP contribution in [0.3, 0.4) is 0 Å². The molecule has 0 unspecified atom stereocenters. The van der Waals surface area contributed by atoms with Crippen LogP contribution in [0.15, 0.2) is 95.7 Å². The summed E-state index contributed by atoms with van der Waals surface area (Å²) < 4.78 is 14.3. The summed E-state index contributed by atoms with van der Waals surface area (Å²) in [7, 11) is 0. The summed E-state index contributed by atoms with van der Waals surface area (Å²) in [6.07, 6.45) is 0. The number of imide groups is 1. The molecule has 0 radical (unpaired) electrons. The minimum Gasteiger partial charge on any atom is -0.363 e. The highest BCUT2D eigenvalue weighted by molar-refractivity contribution is 6.52. The molecule has 0 atom stereocenters. The zero-order valence-electron chi connectivity index (χ0n) is 18.4. The first kappa shape index (κ1) is 22.3. The molecule has 0 saturated carbocycles. The summed E-state index contributed by atoms with van der Waals surface area (Å²) in [6, 6.07) is 26.4. The minimum absolute atomic E-state index is 0.0739. The molecule has 0 aliphatic carbocycles. The number of benzene rings is 3. The molecular formula is C27H23ClFN3O2. The van der Waals surface area contributed by atoms with E-state index in [1.807, 2.05) is 41.3 Å². The van der Waals surface area contributed by atoms with Gasteiger partial charge in [0.25, 0.3) is 11.8 Å². The van der Waals surface area contributed by atoms with Crippen LogP contribution in [0.2, 0.25) is 0 Å². The van der Waals surface area contributed by atoms with Crippen molar-refractivity contribution in [2.24, 2.45) is 0 Å². The maximum atomic E-state index is 14.3. The molecule has 0 aromatic heterocycles. The third-order valence-corrected chi connectivity index (χ3v) is 6.66. The van der Waals surface area contributed by atoms with Crippen LogP contribution < -0.4 is 4.90 Å². The molecule has 5 nitrogen and oxygen atoms in total. The van der Waals surface area contributed by atoms with Crippen LogP contribution in [0, 0.1) is 5.82 Å². The van der Waals surface area contributed by atoms with E-state index in [1.165, 1.54) is 29.3 Å². The summed E-state index contributed by atoms with van der Waals surface area (Å²) in [5.74, 6) is -1.93. The predicted octanol–water partition coefficient (Wildman–Crippen LogP) is 4.56. The average Bonchev–Trinajstić information content (AvgIpc) is 3.09. The lowest BCUT2D eigenvalue weighted by Crippen LogP contribution is -2.48. The molecule has 0 spiro atoms. The van der Waals surface area contributed by atoms with E-state index in [0.717, 1.165) is 4.90 Å². The smallest absolute Gasteiger partial charge is 0.283 e. The Balaban J connectivity index is 1.37. The van der Waals surface area contributed by atoms with Crippen LogP contribution in [0.25, 0.3) is 0 Å². The zero-order chi connectivity index (χ0) is 23.7. The van der Waals surface area contributed by atoms with Gasteiger partial charge in [-0.2, -0.15) is 0 Å². The monoisotopic (exact) mass is 475 g/mol. The normalized spacial score (nSPS) is 17.3. The molecule has 3 aromatic carbocycles. The first-order chi connectivity index (χ1) is 16.6. The van der Waals surface area contributed by atoms with Gasteiger partial charge in [-0.25, -0.2) is 9.29 Å². The zero-order valence-corrected chi connectivity index (χ0v) is 19.2. The predicted molar refractivity (Wildman–Crippen MR) is 130 cm³/mol. The van der Waals surface area contributed by atoms with Crippen molar-refractivity contribution in [3.05, 3.63) is 113 Å². The van der Waals surface area contributed by atoms with Gasteiger partial charge in [-0.3, -0.25) is 14.5 Å². The average molecular weight is 476 g/mol. The van der Waals surface area contributed by atoms with Crippen molar-refractivity contribution in [3.8, 4) is 0 Å². The maximum Gasteiger partial charge on any atom is 0.283 e. The Kier molecular flexibility index (Phi) is 6.18. The van der Waals surface area contributed by atoms with E-state index in [4.69, 9.17) is 11.6 Å². The van der Waals surface area contributed by atoms with Gasteiger partial charge in [0.2, 0.25) is 0 Å². The van der Waals surface area contributed by atoms with Crippen molar-refractivity contribution in [1.82, 2.24) is 9.80 Å². The SMILES string of the molecule is O=C1C(Cl)=C(N2CCN(C(c3ccccc3)c3ccccc3)CC2)C(=O)N1c1ccccc1F. The fourth-order valence-electron chi connectivity index (χ4n) is 4.71. The Labute approximate surface area is 202 Å². The van der Waals surface area contributed by atoms with Gasteiger partial charge in [0.15, 0.2) is 0 Å². The number of halogens is 2. The molecule has 2 amide bonds. The van der Waals surface area contributed by atoms with Crippen LogP contribution in [0.1, 0.15) is 17.2 Å². The van der Waals surface area contributed by atoms with Crippen molar-refractivity contribution in [1.29, 1.82) is 0 Å². The molecule has 1 fully saturated rings. The third-order valence-electron chi connectivity index (χ3n) is 6.32. The van der Waals surface area contributed by atoms with E-state index in [2.05, 4.69) is 29.2 Å². The first-order valence-corrected chi connectivity index (χ1v) is 11.6. The van der Waals surface area contributed by atoms with E-state index in [-0.39, 0.29) is 22.5 Å². The molecule has 0 bridgehead atoms. The number of hydrogen-bond acceptors (Lipinski definition) is 4. The number of piperazine rings is 1. The highest BCUT2D eigenvalue weighted by Gasteiger charge is 2.43. The summed E-state index contributed by atoms with van der Waals surface area (Å²) in [4.78, 5) is 31.0. The lowest BCUT2D eigenvalue weighted by molar-refractivity contribution is -0.121. The van der Waals surface area contributed by atoms with Gasteiger partial charge < -0.3 is 4.90 Å². The summed E-state index contributed by atoms with van der Waals surface area (Å²) in [5.41, 5.74) is 2.44. The van der Waals surface area contributed by atoms with E-state index in [9.17, 15) is 14.0 Å². The Bertz CT molecular complexity index is 1200. The summed E-state index contributed by atoms with van der Waals surface area (Å²) in [6.45, 7) is 2.38. The molecule has 0 N–H and O–H groups in total. The molecular weight excluding hydrogens is 453 g/mol. The van der Waals surface area contributed by atoms with Crippen LogP contribution in [-0.4, -0.2) is 47.8 Å². The number of para-hydroxylation sites is 1. The maximum absolute atomic E-state index is 14.3. The molecule has 172 valence electrons. The second kappa shape index (κ2) is 9.41. The standard InChI is InChI=1S/C27H23ClFN3O2/c28-23-25(27(34)32(26(23)33)22-14-8-7-13-21(22)29)31-17-15-30(16-18-31)24(19-9-3-1-4-10-19)20-11-5-2-6-12-20/h1-14,24H,15-18H2. The number of anilines is 1. The van der Waals surface area contributed by atoms with Crippen LogP contribution in [0.4, 0.5) is 10.1 Å². The Morgan fingerprint density at radius 2 is 1.24 bits per heavy atom. The number of hydrogen-bond donors (Lipinski definition) is 0. The summed E-state index contributed by atoms with van der Waals surface area (Å²) >= 11 is 6.33. The fourth-order valence-corrected chi connectivity index (χ4v) is 4.99. The van der Waals surface area contributed by atoms with E-state index < -0.39 is 17.6 Å². The van der Waals surface area contributed by atoms with Gasteiger partial charge in [-0.05, 0) is 23.3 Å². The fraction of sp³-hybridized carbons (Fsp3) is 0.185. The third kappa shape index (κ3) is 4.00. The Hall–Kier alpha value is -3.48. The van der Waals surface area contributed by atoms with Gasteiger partial charge in [0.1, 0.15) is 16.5 Å². The molecule has 1 saturated heterocycles. The quantitative estimate of drug-likeness (QED) is 0.508. The summed E-state index contributed by atoms with van der Waals surface area (Å²) in [5, 5.41) is -0.163. The van der Waals surface area contributed by atoms with Gasteiger partial charge in [-0.1, -0.05) is 84.4 Å². The molecule has 5 rings (SSSR count). The van der Waals surface area contributed by atoms with E-state index in [1.54, 1.807) is 6.07 Å². The van der Waals surface area contributed by atoms with Gasteiger partial charge in [-0.15, -0.1) is 0 Å². The van der Waals surface area contributed by atoms with Crippen molar-refractivity contribution in [3.63, 3.8) is 0 Å². The molecule has 2 heterocycles. The van der Waals surface area contributed by atoms with E-state index in [0.29, 0.717) is 26.2 Å². The molecule has 7 heteroatoms. The van der Waals surface area contributed by atoms with Crippen LogP contribution in [0.5, 0.6) is 0 Å². The van der Waals surface area contributed by atoms with Crippen molar-refractivity contribution < 1.29 is 14.0 Å². The molecule has 3 aromatic rings. The van der Waals surface area contributed by atoms with E-state index >= 15 is 0 Å². The molecule has 2 aliphatic rings. The Morgan fingerprint density at radius 1 is 0.706 bits per heavy atom. The van der Waals surface area contributed by atoms with Crippen molar-refractivity contribution >= 4 is 29.1 Å². The Morgan fingerprint density at radius 3 is 1.79 bits per heavy atom. The second-order valence-corrected chi connectivity index (χ2v) is 8.68. The number of nitrogens with zero attached hydrogens (tertiary/aromatic N) is 3. The first-order valence-electron chi connectivity index (χ1n) is 11.2. The number of carbonyl (C=O) groups excluding carboxylic acids is 2. The molecule has 34 heavy (non-hydrogen) atoms. The lowest BCUT2D eigenvalue weighted by Gasteiger charge is -2.40. The number of rotatable bonds is 5. The largest absolute Gasteiger partial charge is 0.363 e. The van der Waals surface area contributed by atoms with Gasteiger partial charge in [0.05, 0.1) is 11.7 Å². The van der Waals surface area contributed by atoms with Gasteiger partial charge in [0, 0.05) is 26.2 Å². The van der Waals surface area contributed by atoms with Crippen molar-refractivity contribution in [2.75, 3.05) is 31.1 Å². The van der Waals surface area contributed by atoms with Crippen molar-refractivity contribution in [2.45, 2.75) is 6.04 Å². The van der Waals surface area contributed by atoms with Gasteiger partial charge >= 0.3 is 0 Å². The van der Waals surface area contributed by atoms with Crippen LogP contribution >= 0.6 is 11.6 Å². The highest BCUT2D eigenvalue weighted by Crippen LogP contribution is 2.34. The highest BCUT2D eigenvalue weighted by atomic mass is 35.5. The second-order valence-electron chi connectivity index (χ2n) is 8.31. The minimum atomic E-state index is -0.694.